The molecule has 12 heteroatoms. The highest BCUT2D eigenvalue weighted by Gasteiger charge is 2.45. The zero-order chi connectivity index (χ0) is 27.6. The smallest absolute Gasteiger partial charge is 0.471 e. The van der Waals surface area contributed by atoms with E-state index in [9.17, 15) is 22.4 Å². The molecule has 1 saturated heterocycles. The minimum absolute atomic E-state index is 0.0286. The van der Waals surface area contributed by atoms with Crippen LogP contribution in [-0.2, 0) is 11.4 Å². The van der Waals surface area contributed by atoms with Crippen molar-refractivity contribution in [2.24, 2.45) is 0 Å². The molecule has 5 rings (SSSR count). The SMILES string of the molecule is O=C(N1CCC[C@@H]1C#Cc1cc2ncnc(Nc3ccc(OCc4cccc(F)c4)c(Cl)c3)c2s1)C(F)(F)F. The van der Waals surface area contributed by atoms with Crippen LogP contribution in [0, 0.1) is 17.7 Å². The molecule has 1 fully saturated rings. The van der Waals surface area contributed by atoms with E-state index in [4.69, 9.17) is 16.3 Å². The molecule has 0 saturated carbocycles. The summed E-state index contributed by atoms with van der Waals surface area (Å²) in [5, 5.41) is 3.53. The third kappa shape index (κ3) is 6.24. The van der Waals surface area contributed by atoms with Gasteiger partial charge in [-0.2, -0.15) is 13.2 Å². The largest absolute Gasteiger partial charge is 0.487 e. The van der Waals surface area contributed by atoms with Gasteiger partial charge in [0.25, 0.3) is 0 Å². The van der Waals surface area contributed by atoms with Crippen molar-refractivity contribution < 1.29 is 27.1 Å². The van der Waals surface area contributed by atoms with Crippen LogP contribution in [0.1, 0.15) is 23.3 Å². The molecule has 2 aromatic heterocycles. The van der Waals surface area contributed by atoms with E-state index in [1.807, 2.05) is 0 Å². The van der Waals surface area contributed by atoms with Crippen molar-refractivity contribution in [2.45, 2.75) is 31.7 Å². The second-order valence-electron chi connectivity index (χ2n) is 8.66. The van der Waals surface area contributed by atoms with Crippen LogP contribution in [0.2, 0.25) is 5.02 Å². The topological polar surface area (TPSA) is 67.4 Å². The number of amides is 1. The molecule has 6 nitrogen and oxygen atoms in total. The lowest BCUT2D eigenvalue weighted by Crippen LogP contribution is -2.43. The predicted octanol–water partition coefficient (Wildman–Crippen LogP) is 6.71. The maximum atomic E-state index is 13.4. The zero-order valence-corrected chi connectivity index (χ0v) is 21.6. The molecule has 0 radical (unpaired) electrons. The molecule has 200 valence electrons. The highest BCUT2D eigenvalue weighted by molar-refractivity contribution is 7.20. The van der Waals surface area contributed by atoms with E-state index in [1.165, 1.54) is 29.8 Å². The van der Waals surface area contributed by atoms with Crippen molar-refractivity contribution in [3.8, 4) is 17.6 Å². The van der Waals surface area contributed by atoms with Crippen LogP contribution in [0.3, 0.4) is 0 Å². The summed E-state index contributed by atoms with van der Waals surface area (Å²) in [4.78, 5) is 21.6. The van der Waals surface area contributed by atoms with Crippen LogP contribution in [0.4, 0.5) is 29.1 Å². The molecule has 4 aromatic rings. The number of nitrogens with one attached hydrogen (secondary N) is 1. The molecule has 39 heavy (non-hydrogen) atoms. The van der Waals surface area contributed by atoms with Gasteiger partial charge in [-0.05, 0) is 54.8 Å². The number of rotatable bonds is 5. The molecule has 1 atom stereocenters. The minimum atomic E-state index is -4.92. The van der Waals surface area contributed by atoms with Crippen molar-refractivity contribution in [2.75, 3.05) is 11.9 Å². The van der Waals surface area contributed by atoms with Gasteiger partial charge in [-0.15, -0.1) is 11.3 Å². The van der Waals surface area contributed by atoms with E-state index in [1.54, 1.807) is 36.4 Å². The first-order valence-electron chi connectivity index (χ1n) is 11.7. The molecule has 2 aromatic carbocycles. The van der Waals surface area contributed by atoms with Gasteiger partial charge < -0.3 is 15.0 Å². The van der Waals surface area contributed by atoms with Gasteiger partial charge in [0.15, 0.2) is 5.82 Å². The van der Waals surface area contributed by atoms with E-state index in [0.29, 0.717) is 55.8 Å². The van der Waals surface area contributed by atoms with Gasteiger partial charge in [0.2, 0.25) is 0 Å². The number of nitrogens with zero attached hydrogens (tertiary/aromatic N) is 3. The van der Waals surface area contributed by atoms with E-state index < -0.39 is 18.1 Å². The number of ether oxygens (including phenoxy) is 1. The predicted molar refractivity (Wildman–Crippen MR) is 141 cm³/mol. The van der Waals surface area contributed by atoms with Gasteiger partial charge in [-0.25, -0.2) is 14.4 Å². The Labute approximate surface area is 229 Å². The Morgan fingerprint density at radius 3 is 2.82 bits per heavy atom. The van der Waals surface area contributed by atoms with Crippen molar-refractivity contribution in [1.29, 1.82) is 0 Å². The number of hydrogen-bond donors (Lipinski definition) is 1. The lowest BCUT2D eigenvalue weighted by atomic mass is 10.2. The lowest BCUT2D eigenvalue weighted by Gasteiger charge is -2.21. The monoisotopic (exact) mass is 574 g/mol. The Morgan fingerprint density at radius 2 is 2.05 bits per heavy atom. The quantitative estimate of drug-likeness (QED) is 0.212. The van der Waals surface area contributed by atoms with Gasteiger partial charge in [-0.1, -0.05) is 35.6 Å². The van der Waals surface area contributed by atoms with Crippen LogP contribution < -0.4 is 10.1 Å². The average molecular weight is 575 g/mol. The maximum Gasteiger partial charge on any atom is 0.471 e. The lowest BCUT2D eigenvalue weighted by molar-refractivity contribution is -0.185. The summed E-state index contributed by atoms with van der Waals surface area (Å²) < 4.78 is 58.4. The van der Waals surface area contributed by atoms with Gasteiger partial charge >= 0.3 is 12.1 Å². The van der Waals surface area contributed by atoms with Gasteiger partial charge in [0, 0.05) is 12.2 Å². The number of aromatic nitrogens is 2. The van der Waals surface area contributed by atoms with Crippen molar-refractivity contribution >= 4 is 50.6 Å². The summed E-state index contributed by atoms with van der Waals surface area (Å²) in [6.45, 7) is 0.180. The molecule has 0 spiro atoms. The van der Waals surface area contributed by atoms with Crippen LogP contribution in [0.15, 0.2) is 54.9 Å². The summed E-state index contributed by atoms with van der Waals surface area (Å²) in [7, 11) is 0. The Hall–Kier alpha value is -3.88. The molecule has 1 N–H and O–H groups in total. The summed E-state index contributed by atoms with van der Waals surface area (Å²) in [5.41, 5.74) is 1.91. The summed E-state index contributed by atoms with van der Waals surface area (Å²) in [6.07, 6.45) is -2.70. The zero-order valence-electron chi connectivity index (χ0n) is 20.1. The van der Waals surface area contributed by atoms with Gasteiger partial charge in [-0.3, -0.25) is 4.79 Å². The third-order valence-electron chi connectivity index (χ3n) is 5.91. The summed E-state index contributed by atoms with van der Waals surface area (Å²) in [5.74, 6) is 4.43. The molecular weight excluding hydrogens is 556 g/mol. The molecule has 0 aliphatic carbocycles. The number of carbonyl (C=O) groups is 1. The van der Waals surface area contributed by atoms with Crippen LogP contribution in [-0.4, -0.2) is 39.5 Å². The molecule has 0 bridgehead atoms. The Kier molecular flexibility index (Phi) is 7.59. The molecule has 1 aliphatic rings. The first-order chi connectivity index (χ1) is 18.7. The fourth-order valence-electron chi connectivity index (χ4n) is 4.10. The fraction of sp³-hybridized carbons (Fsp3) is 0.222. The molecular formula is C27H19ClF4N4O2S. The average Bonchev–Trinajstić information content (AvgIpc) is 3.53. The first kappa shape index (κ1) is 26.7. The number of benzene rings is 2. The normalized spacial score (nSPS) is 15.2. The van der Waals surface area contributed by atoms with Crippen LogP contribution >= 0.6 is 22.9 Å². The number of carbonyl (C=O) groups excluding carboxylic acids is 1. The first-order valence-corrected chi connectivity index (χ1v) is 12.9. The Morgan fingerprint density at radius 1 is 1.21 bits per heavy atom. The number of alkyl halides is 3. The molecule has 0 unspecified atom stereocenters. The van der Waals surface area contributed by atoms with E-state index >= 15 is 0 Å². The Bertz CT molecular complexity index is 1600. The van der Waals surface area contributed by atoms with Crippen molar-refractivity contribution in [1.82, 2.24) is 14.9 Å². The Balaban J connectivity index is 1.30. The van der Waals surface area contributed by atoms with Crippen LogP contribution in [0.25, 0.3) is 10.2 Å². The van der Waals surface area contributed by atoms with Gasteiger partial charge in [0.05, 0.1) is 26.2 Å². The fourth-order valence-corrected chi connectivity index (χ4v) is 5.25. The van der Waals surface area contributed by atoms with E-state index in [0.717, 1.165) is 4.90 Å². The summed E-state index contributed by atoms with van der Waals surface area (Å²) >= 11 is 7.68. The third-order valence-corrected chi connectivity index (χ3v) is 7.25. The van der Waals surface area contributed by atoms with Crippen LogP contribution in [0.5, 0.6) is 5.75 Å². The van der Waals surface area contributed by atoms with Crippen molar-refractivity contribution in [3.05, 3.63) is 76.1 Å². The number of fused-ring (bicyclic) bond motifs is 1. The second-order valence-corrected chi connectivity index (χ2v) is 10.1. The molecule has 1 aliphatic heterocycles. The molecule has 3 heterocycles. The number of anilines is 2. The molecule has 1 amide bonds. The number of halogens is 5. The second kappa shape index (κ2) is 11.1. The number of likely N-dealkylation sites (tertiary alicyclic amines) is 1. The van der Waals surface area contributed by atoms with Crippen molar-refractivity contribution in [3.63, 3.8) is 0 Å². The van der Waals surface area contributed by atoms with Gasteiger partial charge in [0.1, 0.15) is 24.5 Å². The number of thiophene rings is 1. The highest BCUT2D eigenvalue weighted by Crippen LogP contribution is 2.34. The van der Waals surface area contributed by atoms with E-state index in [2.05, 4.69) is 27.1 Å². The minimum Gasteiger partial charge on any atom is -0.487 e. The summed E-state index contributed by atoms with van der Waals surface area (Å²) in [6, 6.07) is 12.1. The standard InChI is InChI=1S/C27H19ClF4N4O2S/c28-21-12-18(6-9-23(21)38-14-16-3-1-4-17(29)11-16)35-25-24-22(33-15-34-25)13-20(39-24)8-7-19-5-2-10-36(19)26(37)27(30,31)32/h1,3-4,6,9,11-13,15,19H,2,5,10,14H2,(H,33,34,35)/t19-/m1/s1. The highest BCUT2D eigenvalue weighted by atomic mass is 35.5. The maximum absolute atomic E-state index is 13.4. The number of hydrogen-bond acceptors (Lipinski definition) is 6. The van der Waals surface area contributed by atoms with E-state index in [-0.39, 0.29) is 19.0 Å².